The molecule has 1 aromatic rings. The summed E-state index contributed by atoms with van der Waals surface area (Å²) < 4.78 is 0. The standard InChI is InChI=1S/C11H16O/c1-8-6-5-7-9(2)10(8)11(3,4)12/h5-7,12H,1-4H3. The molecular formula is C11H16O. The average molecular weight is 164 g/mol. The van der Waals surface area contributed by atoms with Crippen LogP contribution in [-0.2, 0) is 5.60 Å². The Hall–Kier alpha value is -0.820. The molecule has 0 aliphatic heterocycles. The molecule has 0 aromatic heterocycles. The van der Waals surface area contributed by atoms with Crippen molar-refractivity contribution in [3.8, 4) is 0 Å². The lowest BCUT2D eigenvalue weighted by molar-refractivity contribution is 0.0772. The van der Waals surface area contributed by atoms with Gasteiger partial charge < -0.3 is 5.11 Å². The first kappa shape index (κ1) is 9.27. The molecule has 0 saturated heterocycles. The summed E-state index contributed by atoms with van der Waals surface area (Å²) in [6.45, 7) is 7.70. The predicted octanol–water partition coefficient (Wildman–Crippen LogP) is 2.53. The first-order valence-corrected chi connectivity index (χ1v) is 4.22. The highest BCUT2D eigenvalue weighted by Gasteiger charge is 2.19. The zero-order valence-corrected chi connectivity index (χ0v) is 8.18. The Morgan fingerprint density at radius 2 is 1.50 bits per heavy atom. The lowest BCUT2D eigenvalue weighted by Crippen LogP contribution is -2.18. The summed E-state index contributed by atoms with van der Waals surface area (Å²) in [5.41, 5.74) is 2.63. The van der Waals surface area contributed by atoms with E-state index in [1.54, 1.807) is 0 Å². The van der Waals surface area contributed by atoms with E-state index in [4.69, 9.17) is 0 Å². The zero-order valence-electron chi connectivity index (χ0n) is 8.18. The molecule has 0 fully saturated rings. The van der Waals surface area contributed by atoms with E-state index in [0.717, 1.165) is 16.7 Å². The molecule has 0 aliphatic rings. The fourth-order valence-corrected chi connectivity index (χ4v) is 1.78. The number of rotatable bonds is 1. The van der Waals surface area contributed by atoms with E-state index in [9.17, 15) is 5.11 Å². The maximum Gasteiger partial charge on any atom is 0.0845 e. The van der Waals surface area contributed by atoms with Crippen molar-refractivity contribution < 1.29 is 5.11 Å². The molecule has 1 nitrogen and oxygen atoms in total. The van der Waals surface area contributed by atoms with Crippen molar-refractivity contribution in [3.63, 3.8) is 0 Å². The zero-order chi connectivity index (χ0) is 9.35. The summed E-state index contributed by atoms with van der Waals surface area (Å²) in [5.74, 6) is 0. The van der Waals surface area contributed by atoms with Gasteiger partial charge in [-0.3, -0.25) is 0 Å². The van der Waals surface area contributed by atoms with Crippen molar-refractivity contribution >= 4 is 0 Å². The second kappa shape index (κ2) is 2.91. The summed E-state index contributed by atoms with van der Waals surface area (Å²) in [6, 6.07) is 6.07. The minimum Gasteiger partial charge on any atom is -0.386 e. The van der Waals surface area contributed by atoms with E-state index in [-0.39, 0.29) is 0 Å². The maximum atomic E-state index is 9.85. The molecule has 1 aromatic carbocycles. The van der Waals surface area contributed by atoms with Gasteiger partial charge in [-0.2, -0.15) is 0 Å². The van der Waals surface area contributed by atoms with Crippen LogP contribution in [0.3, 0.4) is 0 Å². The van der Waals surface area contributed by atoms with Crippen LogP contribution in [0.4, 0.5) is 0 Å². The van der Waals surface area contributed by atoms with Crippen LogP contribution in [0.25, 0.3) is 0 Å². The third-order valence-corrected chi connectivity index (χ3v) is 2.09. The summed E-state index contributed by atoms with van der Waals surface area (Å²) >= 11 is 0. The van der Waals surface area contributed by atoms with Crippen LogP contribution in [0, 0.1) is 13.8 Å². The Morgan fingerprint density at radius 3 is 1.75 bits per heavy atom. The van der Waals surface area contributed by atoms with Crippen LogP contribution in [-0.4, -0.2) is 5.11 Å². The Morgan fingerprint density at radius 1 is 1.08 bits per heavy atom. The highest BCUT2D eigenvalue weighted by molar-refractivity contribution is 5.37. The van der Waals surface area contributed by atoms with Gasteiger partial charge >= 0.3 is 0 Å². The van der Waals surface area contributed by atoms with Gasteiger partial charge in [-0.15, -0.1) is 0 Å². The average Bonchev–Trinajstić information content (AvgIpc) is 1.82. The summed E-state index contributed by atoms with van der Waals surface area (Å²) in [4.78, 5) is 0. The van der Waals surface area contributed by atoms with Gasteiger partial charge in [0, 0.05) is 0 Å². The van der Waals surface area contributed by atoms with Gasteiger partial charge in [0.1, 0.15) is 0 Å². The molecule has 1 N–H and O–H groups in total. The Balaban J connectivity index is 3.31. The first-order valence-electron chi connectivity index (χ1n) is 4.22. The SMILES string of the molecule is Cc1cccc(C)c1C(C)(C)O. The summed E-state index contributed by atoms with van der Waals surface area (Å²) in [5, 5.41) is 9.85. The Labute approximate surface area is 74.1 Å². The molecule has 0 amide bonds. The van der Waals surface area contributed by atoms with E-state index in [2.05, 4.69) is 0 Å². The topological polar surface area (TPSA) is 20.2 Å². The molecule has 66 valence electrons. The summed E-state index contributed by atoms with van der Waals surface area (Å²) in [7, 11) is 0. The second-order valence-electron chi connectivity index (χ2n) is 3.83. The number of aliphatic hydroxyl groups is 1. The largest absolute Gasteiger partial charge is 0.386 e. The second-order valence-corrected chi connectivity index (χ2v) is 3.83. The maximum absolute atomic E-state index is 9.85. The van der Waals surface area contributed by atoms with Crippen LogP contribution in [0.2, 0.25) is 0 Å². The van der Waals surface area contributed by atoms with Gasteiger partial charge in [0.05, 0.1) is 5.60 Å². The fraction of sp³-hybridized carbons (Fsp3) is 0.455. The molecule has 0 atom stereocenters. The number of hydrogen-bond acceptors (Lipinski definition) is 1. The molecule has 0 unspecified atom stereocenters. The monoisotopic (exact) mass is 164 g/mol. The third-order valence-electron chi connectivity index (χ3n) is 2.09. The minimum absolute atomic E-state index is 0.727. The van der Waals surface area contributed by atoms with Crippen LogP contribution in [0.5, 0.6) is 0 Å². The molecular weight excluding hydrogens is 148 g/mol. The molecule has 1 rings (SSSR count). The van der Waals surface area contributed by atoms with E-state index >= 15 is 0 Å². The Bertz CT molecular complexity index is 261. The highest BCUT2D eigenvalue weighted by Crippen LogP contribution is 2.26. The van der Waals surface area contributed by atoms with E-state index < -0.39 is 5.60 Å². The molecule has 0 heterocycles. The van der Waals surface area contributed by atoms with Crippen LogP contribution >= 0.6 is 0 Å². The molecule has 12 heavy (non-hydrogen) atoms. The van der Waals surface area contributed by atoms with E-state index in [1.165, 1.54) is 0 Å². The molecule has 0 saturated carbocycles. The predicted molar refractivity (Wildman–Crippen MR) is 51.2 cm³/mol. The van der Waals surface area contributed by atoms with E-state index in [1.807, 2.05) is 45.9 Å². The third kappa shape index (κ3) is 1.67. The highest BCUT2D eigenvalue weighted by atomic mass is 16.3. The van der Waals surface area contributed by atoms with Crippen LogP contribution in [0.1, 0.15) is 30.5 Å². The van der Waals surface area contributed by atoms with Crippen molar-refractivity contribution in [3.05, 3.63) is 34.9 Å². The number of aryl methyl sites for hydroxylation is 2. The fourth-order valence-electron chi connectivity index (χ4n) is 1.78. The quantitative estimate of drug-likeness (QED) is 0.676. The van der Waals surface area contributed by atoms with Crippen molar-refractivity contribution in [2.24, 2.45) is 0 Å². The van der Waals surface area contributed by atoms with Crippen molar-refractivity contribution in [2.75, 3.05) is 0 Å². The molecule has 0 aliphatic carbocycles. The lowest BCUT2D eigenvalue weighted by Gasteiger charge is -2.22. The lowest BCUT2D eigenvalue weighted by atomic mass is 9.90. The van der Waals surface area contributed by atoms with Crippen LogP contribution in [0.15, 0.2) is 18.2 Å². The van der Waals surface area contributed by atoms with Gasteiger partial charge in [0.2, 0.25) is 0 Å². The normalized spacial score (nSPS) is 11.8. The number of hydrogen-bond donors (Lipinski definition) is 1. The molecule has 0 bridgehead atoms. The molecule has 0 spiro atoms. The van der Waals surface area contributed by atoms with Crippen molar-refractivity contribution in [1.82, 2.24) is 0 Å². The summed E-state index contributed by atoms with van der Waals surface area (Å²) in [6.07, 6.45) is 0. The van der Waals surface area contributed by atoms with Gasteiger partial charge in [0.15, 0.2) is 0 Å². The smallest absolute Gasteiger partial charge is 0.0845 e. The Kier molecular flexibility index (Phi) is 2.25. The molecule has 0 radical (unpaired) electrons. The van der Waals surface area contributed by atoms with Crippen LogP contribution < -0.4 is 0 Å². The van der Waals surface area contributed by atoms with Crippen molar-refractivity contribution in [1.29, 1.82) is 0 Å². The van der Waals surface area contributed by atoms with E-state index in [0.29, 0.717) is 0 Å². The first-order chi connectivity index (χ1) is 5.43. The van der Waals surface area contributed by atoms with Gasteiger partial charge in [-0.25, -0.2) is 0 Å². The minimum atomic E-state index is -0.727. The number of benzene rings is 1. The van der Waals surface area contributed by atoms with Gasteiger partial charge in [-0.05, 0) is 44.4 Å². The van der Waals surface area contributed by atoms with Gasteiger partial charge in [-0.1, -0.05) is 18.2 Å². The van der Waals surface area contributed by atoms with Gasteiger partial charge in [0.25, 0.3) is 0 Å². The van der Waals surface area contributed by atoms with Crippen molar-refractivity contribution in [2.45, 2.75) is 33.3 Å². The molecule has 1 heteroatoms.